The summed E-state index contributed by atoms with van der Waals surface area (Å²) in [5.41, 5.74) is 6.93. The van der Waals surface area contributed by atoms with Crippen LogP contribution in [0.1, 0.15) is 38.3 Å². The number of nitrogens with zero attached hydrogens (tertiary/aromatic N) is 4. The van der Waals surface area contributed by atoms with E-state index in [0.29, 0.717) is 42.3 Å². The van der Waals surface area contributed by atoms with E-state index in [0.717, 1.165) is 40.1 Å². The Kier molecular flexibility index (Phi) is 8.34. The number of phenolic OH excluding ortho intramolecular Hbond substituents is 1. The molecule has 0 fully saturated rings. The van der Waals surface area contributed by atoms with Crippen molar-refractivity contribution >= 4 is 11.6 Å². The molecule has 7 heteroatoms. The van der Waals surface area contributed by atoms with E-state index in [1.165, 1.54) is 0 Å². The van der Waals surface area contributed by atoms with Crippen LogP contribution in [0.5, 0.6) is 11.5 Å². The fourth-order valence-corrected chi connectivity index (χ4v) is 5.03. The van der Waals surface area contributed by atoms with Crippen molar-refractivity contribution in [3.63, 3.8) is 0 Å². The van der Waals surface area contributed by atoms with Crippen molar-refractivity contribution in [3.05, 3.63) is 90.0 Å². The van der Waals surface area contributed by atoms with E-state index >= 15 is 0 Å². The fraction of sp³-hybridized carbons (Fsp3) is 0.265. The zero-order chi connectivity index (χ0) is 28.9. The van der Waals surface area contributed by atoms with Crippen LogP contribution in [-0.2, 0) is 11.2 Å². The van der Waals surface area contributed by atoms with E-state index in [1.54, 1.807) is 6.07 Å². The summed E-state index contributed by atoms with van der Waals surface area (Å²) in [5.74, 6) is 0.955. The smallest absolute Gasteiger partial charge is 0.227 e. The summed E-state index contributed by atoms with van der Waals surface area (Å²) in [6.07, 6.45) is 1.08. The molecular formula is C34H36N4O3. The summed E-state index contributed by atoms with van der Waals surface area (Å²) in [6.45, 7) is 9.92. The van der Waals surface area contributed by atoms with Gasteiger partial charge in [0.2, 0.25) is 5.91 Å². The van der Waals surface area contributed by atoms with Crippen LogP contribution in [0.4, 0.5) is 0 Å². The summed E-state index contributed by atoms with van der Waals surface area (Å²) in [4.78, 5) is 20.4. The highest BCUT2D eigenvalue weighted by Gasteiger charge is 2.24. The van der Waals surface area contributed by atoms with E-state index in [4.69, 9.17) is 14.8 Å². The van der Waals surface area contributed by atoms with Crippen LogP contribution in [-0.4, -0.2) is 50.2 Å². The van der Waals surface area contributed by atoms with Crippen molar-refractivity contribution in [3.8, 4) is 45.3 Å². The van der Waals surface area contributed by atoms with Crippen LogP contribution in [0.25, 0.3) is 39.4 Å². The van der Waals surface area contributed by atoms with Gasteiger partial charge in [-0.1, -0.05) is 48.9 Å². The van der Waals surface area contributed by atoms with Crippen LogP contribution in [0.3, 0.4) is 0 Å². The zero-order valence-corrected chi connectivity index (χ0v) is 24.1. The number of hydrogen-bond donors (Lipinski definition) is 1. The van der Waals surface area contributed by atoms with Gasteiger partial charge in [0.15, 0.2) is 5.65 Å². The Bertz CT molecular complexity index is 1660. The molecule has 0 spiro atoms. The Morgan fingerprint density at radius 2 is 1.66 bits per heavy atom. The third-order valence-electron chi connectivity index (χ3n) is 7.23. The Morgan fingerprint density at radius 1 is 0.927 bits per heavy atom. The second kappa shape index (κ2) is 12.3. The quantitative estimate of drug-likeness (QED) is 0.204. The molecule has 0 bridgehead atoms. The summed E-state index contributed by atoms with van der Waals surface area (Å²) >= 11 is 0. The van der Waals surface area contributed by atoms with Gasteiger partial charge >= 0.3 is 0 Å². The van der Waals surface area contributed by atoms with Crippen LogP contribution >= 0.6 is 0 Å². The number of fused-ring (bicyclic) bond motifs is 1. The summed E-state index contributed by atoms with van der Waals surface area (Å²) in [6, 6.07) is 25.3. The van der Waals surface area contributed by atoms with Gasteiger partial charge in [0.25, 0.3) is 0 Å². The topological polar surface area (TPSA) is 80.0 Å². The average molecular weight is 549 g/mol. The molecule has 0 saturated carbocycles. The molecule has 3 aromatic carbocycles. The van der Waals surface area contributed by atoms with Gasteiger partial charge in [-0.25, -0.2) is 9.50 Å². The molecule has 0 radical (unpaired) electrons. The number of aromatic nitrogens is 3. The molecule has 1 N–H and O–H groups in total. The number of aryl methyl sites for hydroxylation is 1. The normalized spacial score (nSPS) is 11.1. The fourth-order valence-electron chi connectivity index (χ4n) is 5.03. The lowest BCUT2D eigenvalue weighted by atomic mass is 10.0. The van der Waals surface area contributed by atoms with Gasteiger partial charge in [0, 0.05) is 35.3 Å². The molecule has 41 heavy (non-hydrogen) atoms. The van der Waals surface area contributed by atoms with Crippen LogP contribution in [0.15, 0.2) is 78.9 Å². The molecule has 0 aliphatic heterocycles. The standard InChI is InChI=1S/C34H36N4O3/c1-5-19-41-26-16-14-25(15-17-26)33-28(21-32(40)37(6-2)7-3)34-35-29(27-20-23(4)13-18-31(27)39)22-30(38(34)36-33)24-11-9-8-10-12-24/h8-18,20,22,39H,5-7,19,21H2,1-4H3. The number of ether oxygens (including phenoxy) is 1. The van der Waals surface area contributed by atoms with Gasteiger partial charge in [0.05, 0.1) is 30.1 Å². The first kappa shape index (κ1) is 27.9. The SMILES string of the molecule is CCCOc1ccc(-c2nn3c(-c4ccccc4)cc(-c4cc(C)ccc4O)nc3c2CC(=O)N(CC)CC)cc1. The van der Waals surface area contributed by atoms with Crippen molar-refractivity contribution in [2.75, 3.05) is 19.7 Å². The number of amides is 1. The highest BCUT2D eigenvalue weighted by atomic mass is 16.5. The summed E-state index contributed by atoms with van der Waals surface area (Å²) < 4.78 is 7.63. The molecule has 5 rings (SSSR count). The van der Waals surface area contributed by atoms with E-state index in [9.17, 15) is 9.90 Å². The molecule has 7 nitrogen and oxygen atoms in total. The average Bonchev–Trinajstić information content (AvgIpc) is 3.36. The van der Waals surface area contributed by atoms with Gasteiger partial charge in [0.1, 0.15) is 11.5 Å². The number of carbonyl (C=O) groups is 1. The van der Waals surface area contributed by atoms with Gasteiger partial charge in [-0.3, -0.25) is 4.79 Å². The predicted molar refractivity (Wildman–Crippen MR) is 163 cm³/mol. The highest BCUT2D eigenvalue weighted by molar-refractivity contribution is 5.86. The third-order valence-corrected chi connectivity index (χ3v) is 7.23. The largest absolute Gasteiger partial charge is 0.507 e. The van der Waals surface area contributed by atoms with Gasteiger partial charge in [-0.05, 0) is 69.7 Å². The summed E-state index contributed by atoms with van der Waals surface area (Å²) in [5, 5.41) is 15.9. The van der Waals surface area contributed by atoms with E-state index < -0.39 is 0 Å². The van der Waals surface area contributed by atoms with Gasteiger partial charge < -0.3 is 14.7 Å². The number of hydrogen-bond acceptors (Lipinski definition) is 5. The van der Waals surface area contributed by atoms with E-state index in [1.807, 2.05) is 103 Å². The molecule has 0 aliphatic rings. The minimum Gasteiger partial charge on any atom is -0.507 e. The predicted octanol–water partition coefficient (Wildman–Crippen LogP) is 6.94. The number of benzene rings is 3. The Balaban J connectivity index is 1.78. The Morgan fingerprint density at radius 3 is 2.34 bits per heavy atom. The molecule has 0 aliphatic carbocycles. The van der Waals surface area contributed by atoms with Crippen molar-refractivity contribution < 1.29 is 14.6 Å². The second-order valence-electron chi connectivity index (χ2n) is 10.1. The molecule has 210 valence electrons. The lowest BCUT2D eigenvalue weighted by Gasteiger charge is -2.18. The molecular weight excluding hydrogens is 512 g/mol. The van der Waals surface area contributed by atoms with Gasteiger partial charge in [-0.15, -0.1) is 0 Å². The maximum Gasteiger partial charge on any atom is 0.227 e. The van der Waals surface area contributed by atoms with Crippen molar-refractivity contribution in [1.29, 1.82) is 0 Å². The molecule has 0 atom stereocenters. The number of likely N-dealkylation sites (N-methyl/N-ethyl adjacent to an activating group) is 1. The molecule has 0 saturated heterocycles. The number of aromatic hydroxyl groups is 1. The van der Waals surface area contributed by atoms with Gasteiger partial charge in [-0.2, -0.15) is 5.10 Å². The van der Waals surface area contributed by atoms with Crippen molar-refractivity contribution in [2.45, 2.75) is 40.5 Å². The first-order valence-electron chi connectivity index (χ1n) is 14.2. The number of carbonyl (C=O) groups excluding carboxylic acids is 1. The van der Waals surface area contributed by atoms with Crippen LogP contribution in [0, 0.1) is 6.92 Å². The Labute approximate surface area is 241 Å². The van der Waals surface area contributed by atoms with E-state index in [2.05, 4.69) is 6.92 Å². The lowest BCUT2D eigenvalue weighted by molar-refractivity contribution is -0.130. The maximum absolute atomic E-state index is 13.5. The number of rotatable bonds is 10. The first-order chi connectivity index (χ1) is 19.9. The van der Waals surface area contributed by atoms with Crippen molar-refractivity contribution in [2.24, 2.45) is 0 Å². The highest BCUT2D eigenvalue weighted by Crippen LogP contribution is 2.36. The molecule has 2 heterocycles. The van der Waals surface area contributed by atoms with Crippen LogP contribution in [0.2, 0.25) is 0 Å². The lowest BCUT2D eigenvalue weighted by Crippen LogP contribution is -2.31. The molecule has 5 aromatic rings. The molecule has 0 unspecified atom stereocenters. The molecule has 2 aromatic heterocycles. The zero-order valence-electron chi connectivity index (χ0n) is 24.1. The minimum absolute atomic E-state index is 0.0147. The first-order valence-corrected chi connectivity index (χ1v) is 14.2. The van der Waals surface area contributed by atoms with Crippen LogP contribution < -0.4 is 4.74 Å². The monoisotopic (exact) mass is 548 g/mol. The maximum atomic E-state index is 13.5. The van der Waals surface area contributed by atoms with Crippen molar-refractivity contribution in [1.82, 2.24) is 19.5 Å². The summed E-state index contributed by atoms with van der Waals surface area (Å²) in [7, 11) is 0. The number of phenols is 1. The Hall–Kier alpha value is -4.65. The van der Waals surface area contributed by atoms with E-state index in [-0.39, 0.29) is 18.1 Å². The second-order valence-corrected chi connectivity index (χ2v) is 10.1. The third kappa shape index (κ3) is 5.80. The molecule has 1 amide bonds. The minimum atomic E-state index is 0.0147.